The highest BCUT2D eigenvalue weighted by molar-refractivity contribution is 9.10. The summed E-state index contributed by atoms with van der Waals surface area (Å²) >= 11 is 3.40. The Balaban J connectivity index is 1.79. The largest absolute Gasteiger partial charge is 0.292 e. The Morgan fingerprint density at radius 2 is 1.89 bits per heavy atom. The van der Waals surface area contributed by atoms with Crippen LogP contribution in [0.15, 0.2) is 53.1 Å². The van der Waals surface area contributed by atoms with E-state index in [4.69, 9.17) is 5.10 Å². The highest BCUT2D eigenvalue weighted by atomic mass is 79.9. The first-order chi connectivity index (χ1) is 13.7. The Morgan fingerprint density at radius 3 is 2.61 bits per heavy atom. The van der Waals surface area contributed by atoms with Crippen LogP contribution in [-0.4, -0.2) is 27.2 Å². The third kappa shape index (κ3) is 3.61. The number of rotatable bonds is 4. The Morgan fingerprint density at radius 1 is 1.11 bits per heavy atom. The zero-order valence-electron chi connectivity index (χ0n) is 15.9. The number of fused-ring (bicyclic) bond motifs is 1. The maximum atomic E-state index is 13.5. The average molecular weight is 439 g/mol. The van der Waals surface area contributed by atoms with Gasteiger partial charge in [-0.05, 0) is 72.8 Å². The van der Waals surface area contributed by atoms with E-state index in [2.05, 4.69) is 20.9 Å². The standard InChI is InChI=1S/C22H23BrN4O/c1-2-26(20-14-13-16(23)15-24-20)22(28)21-18-11-7-4-8-12-19(18)27(25-21)17-9-5-3-6-10-17/h3,5-6,9-10,13-15H,2,4,7-8,11-12H2,1H3. The van der Waals surface area contributed by atoms with E-state index in [1.807, 2.05) is 54.1 Å². The first-order valence-electron chi connectivity index (χ1n) is 9.78. The van der Waals surface area contributed by atoms with Crippen molar-refractivity contribution in [3.63, 3.8) is 0 Å². The number of halogens is 1. The zero-order valence-corrected chi connectivity index (χ0v) is 17.5. The minimum Gasteiger partial charge on any atom is -0.292 e. The molecule has 4 rings (SSSR count). The molecule has 0 atom stereocenters. The number of hydrogen-bond acceptors (Lipinski definition) is 3. The second kappa shape index (κ2) is 8.27. The molecule has 6 heteroatoms. The van der Waals surface area contributed by atoms with Gasteiger partial charge in [0.2, 0.25) is 0 Å². The van der Waals surface area contributed by atoms with E-state index in [1.165, 1.54) is 12.1 Å². The van der Waals surface area contributed by atoms with Crippen molar-refractivity contribution in [2.45, 2.75) is 39.0 Å². The molecule has 2 aromatic heterocycles. The van der Waals surface area contributed by atoms with Gasteiger partial charge in [0.1, 0.15) is 5.82 Å². The molecule has 1 aromatic carbocycles. The molecule has 0 spiro atoms. The monoisotopic (exact) mass is 438 g/mol. The molecule has 28 heavy (non-hydrogen) atoms. The summed E-state index contributed by atoms with van der Waals surface area (Å²) in [5.74, 6) is 0.567. The smallest absolute Gasteiger partial charge is 0.280 e. The summed E-state index contributed by atoms with van der Waals surface area (Å²) < 4.78 is 2.86. The molecular formula is C22H23BrN4O. The summed E-state index contributed by atoms with van der Waals surface area (Å²) in [5.41, 5.74) is 3.84. The molecule has 0 saturated carbocycles. The van der Waals surface area contributed by atoms with Crippen LogP contribution >= 0.6 is 15.9 Å². The zero-order chi connectivity index (χ0) is 19.5. The molecular weight excluding hydrogens is 416 g/mol. The molecule has 5 nitrogen and oxygen atoms in total. The molecule has 0 aliphatic heterocycles. The van der Waals surface area contributed by atoms with Crippen molar-refractivity contribution in [1.82, 2.24) is 14.8 Å². The number of hydrogen-bond donors (Lipinski definition) is 0. The predicted molar refractivity (Wildman–Crippen MR) is 114 cm³/mol. The van der Waals surface area contributed by atoms with Crippen molar-refractivity contribution in [1.29, 1.82) is 0 Å². The number of carbonyl (C=O) groups is 1. The van der Waals surface area contributed by atoms with Crippen molar-refractivity contribution in [3.05, 3.63) is 70.1 Å². The Kier molecular flexibility index (Phi) is 5.57. The van der Waals surface area contributed by atoms with Gasteiger partial charge in [-0.25, -0.2) is 9.67 Å². The van der Waals surface area contributed by atoms with Crippen LogP contribution in [0.1, 0.15) is 47.9 Å². The van der Waals surface area contributed by atoms with Gasteiger partial charge in [-0.2, -0.15) is 5.10 Å². The summed E-state index contributed by atoms with van der Waals surface area (Å²) in [7, 11) is 0. The number of benzene rings is 1. The SMILES string of the molecule is CCN(C(=O)c1nn(-c2ccccc2)c2c1CCCCC2)c1ccc(Br)cn1. The molecule has 144 valence electrons. The van der Waals surface area contributed by atoms with Crippen LogP contribution in [0.25, 0.3) is 5.69 Å². The molecule has 0 saturated heterocycles. The summed E-state index contributed by atoms with van der Waals surface area (Å²) in [4.78, 5) is 19.6. The second-order valence-corrected chi connectivity index (χ2v) is 7.88. The second-order valence-electron chi connectivity index (χ2n) is 6.97. The maximum Gasteiger partial charge on any atom is 0.280 e. The van der Waals surface area contributed by atoms with Crippen molar-refractivity contribution >= 4 is 27.7 Å². The van der Waals surface area contributed by atoms with Crippen LogP contribution < -0.4 is 4.90 Å². The third-order valence-corrected chi connectivity index (χ3v) is 5.65. The summed E-state index contributed by atoms with van der Waals surface area (Å²) in [6.45, 7) is 2.51. The van der Waals surface area contributed by atoms with Gasteiger partial charge < -0.3 is 0 Å². The van der Waals surface area contributed by atoms with Crippen LogP contribution in [0.3, 0.4) is 0 Å². The number of aromatic nitrogens is 3. The molecule has 0 radical (unpaired) electrons. The molecule has 1 amide bonds. The fourth-order valence-corrected chi connectivity index (χ4v) is 4.03. The fourth-order valence-electron chi connectivity index (χ4n) is 3.80. The highest BCUT2D eigenvalue weighted by Gasteiger charge is 2.28. The Hall–Kier alpha value is -2.47. The van der Waals surface area contributed by atoms with Crippen LogP contribution in [0.5, 0.6) is 0 Å². The van der Waals surface area contributed by atoms with Crippen molar-refractivity contribution < 1.29 is 4.79 Å². The molecule has 0 bridgehead atoms. The first-order valence-corrected chi connectivity index (χ1v) is 10.6. The summed E-state index contributed by atoms with van der Waals surface area (Å²) in [6, 6.07) is 13.9. The van der Waals surface area contributed by atoms with E-state index >= 15 is 0 Å². The minimum absolute atomic E-state index is 0.0786. The fraction of sp³-hybridized carbons (Fsp3) is 0.318. The molecule has 1 aliphatic rings. The van der Waals surface area contributed by atoms with Crippen LogP contribution in [0, 0.1) is 0 Å². The topological polar surface area (TPSA) is 51.0 Å². The predicted octanol–water partition coefficient (Wildman–Crippen LogP) is 4.97. The first kappa shape index (κ1) is 18.9. The number of pyridine rings is 1. The van der Waals surface area contributed by atoms with Crippen LogP contribution in [0.4, 0.5) is 5.82 Å². The van der Waals surface area contributed by atoms with Crippen molar-refractivity contribution in [3.8, 4) is 5.69 Å². The Bertz CT molecular complexity index is 966. The van der Waals surface area contributed by atoms with E-state index in [9.17, 15) is 4.79 Å². The maximum absolute atomic E-state index is 13.5. The van der Waals surface area contributed by atoms with E-state index in [0.717, 1.165) is 41.4 Å². The van der Waals surface area contributed by atoms with Crippen molar-refractivity contribution in [2.75, 3.05) is 11.4 Å². The third-order valence-electron chi connectivity index (χ3n) is 5.18. The lowest BCUT2D eigenvalue weighted by Crippen LogP contribution is -2.32. The van der Waals surface area contributed by atoms with E-state index in [-0.39, 0.29) is 5.91 Å². The molecule has 0 fully saturated rings. The molecule has 0 N–H and O–H groups in total. The van der Waals surface area contributed by atoms with Gasteiger partial charge >= 0.3 is 0 Å². The number of para-hydroxylation sites is 1. The normalized spacial score (nSPS) is 13.6. The highest BCUT2D eigenvalue weighted by Crippen LogP contribution is 2.28. The van der Waals surface area contributed by atoms with Gasteiger partial charge in [0.25, 0.3) is 5.91 Å². The molecule has 3 aromatic rings. The lowest BCUT2D eigenvalue weighted by Gasteiger charge is -2.19. The summed E-state index contributed by atoms with van der Waals surface area (Å²) in [5, 5.41) is 4.80. The van der Waals surface area contributed by atoms with Gasteiger partial charge in [0.05, 0.1) is 5.69 Å². The minimum atomic E-state index is -0.0786. The number of anilines is 1. The average Bonchev–Trinajstić information content (AvgIpc) is 2.91. The van der Waals surface area contributed by atoms with Crippen molar-refractivity contribution in [2.24, 2.45) is 0 Å². The van der Waals surface area contributed by atoms with Crippen LogP contribution in [0.2, 0.25) is 0 Å². The van der Waals surface area contributed by atoms with Gasteiger partial charge in [-0.1, -0.05) is 24.6 Å². The quantitative estimate of drug-likeness (QED) is 0.540. The lowest BCUT2D eigenvalue weighted by molar-refractivity contribution is 0.0981. The molecule has 1 aliphatic carbocycles. The van der Waals surface area contributed by atoms with E-state index in [1.54, 1.807) is 11.1 Å². The number of carbonyl (C=O) groups excluding carboxylic acids is 1. The molecule has 0 unspecified atom stereocenters. The van der Waals surface area contributed by atoms with Gasteiger partial charge in [-0.3, -0.25) is 9.69 Å². The van der Waals surface area contributed by atoms with Crippen LogP contribution in [-0.2, 0) is 12.8 Å². The Labute approximate surface area is 173 Å². The van der Waals surface area contributed by atoms with E-state index in [0.29, 0.717) is 18.1 Å². The summed E-state index contributed by atoms with van der Waals surface area (Å²) in [6.07, 6.45) is 6.97. The lowest BCUT2D eigenvalue weighted by atomic mass is 10.1. The van der Waals surface area contributed by atoms with Gasteiger partial charge in [-0.15, -0.1) is 0 Å². The van der Waals surface area contributed by atoms with E-state index < -0.39 is 0 Å². The van der Waals surface area contributed by atoms with Gasteiger partial charge in [0.15, 0.2) is 5.69 Å². The number of nitrogens with zero attached hydrogens (tertiary/aromatic N) is 4. The molecule has 2 heterocycles. The number of amides is 1. The van der Waals surface area contributed by atoms with Gasteiger partial charge in [0, 0.05) is 28.5 Å².